The summed E-state index contributed by atoms with van der Waals surface area (Å²) in [5.41, 5.74) is 6.42. The smallest absolute Gasteiger partial charge is 0.321 e. The first-order valence-corrected chi connectivity index (χ1v) is 9.46. The number of hydrogen-bond donors (Lipinski definition) is 2. The molecule has 2 aromatic rings. The standard InChI is InChI=1S/C16H19N5O2S2/c1-11(22)20-6-8-21(9-7-20)16(23)19-12-4-2-3-5-13(12)24-14-10-18-15(17)25-14/h2-5,10H,6-9H2,1H3,(H2,17,18)(H,19,23). The van der Waals surface area contributed by atoms with Gasteiger partial charge in [0.25, 0.3) is 0 Å². The van der Waals surface area contributed by atoms with E-state index in [2.05, 4.69) is 10.3 Å². The Hall–Kier alpha value is -2.26. The van der Waals surface area contributed by atoms with Crippen LogP contribution in [0.3, 0.4) is 0 Å². The van der Waals surface area contributed by atoms with Crippen LogP contribution >= 0.6 is 23.1 Å². The van der Waals surface area contributed by atoms with Gasteiger partial charge in [-0.25, -0.2) is 9.78 Å². The Morgan fingerprint density at radius 3 is 2.52 bits per heavy atom. The van der Waals surface area contributed by atoms with Crippen molar-refractivity contribution in [2.24, 2.45) is 0 Å². The van der Waals surface area contributed by atoms with Gasteiger partial charge in [0, 0.05) is 38.0 Å². The normalized spacial score (nSPS) is 14.4. The van der Waals surface area contributed by atoms with E-state index in [0.717, 1.165) is 14.8 Å². The molecule has 1 fully saturated rings. The molecule has 0 spiro atoms. The number of rotatable bonds is 3. The van der Waals surface area contributed by atoms with E-state index in [9.17, 15) is 9.59 Å². The average Bonchev–Trinajstić information content (AvgIpc) is 3.01. The zero-order valence-corrected chi connectivity index (χ0v) is 15.4. The van der Waals surface area contributed by atoms with Crippen LogP contribution in [-0.4, -0.2) is 52.9 Å². The molecule has 1 saturated heterocycles. The summed E-state index contributed by atoms with van der Waals surface area (Å²) in [4.78, 5) is 32.4. The molecule has 1 aliphatic rings. The molecule has 1 aromatic carbocycles. The lowest BCUT2D eigenvalue weighted by Gasteiger charge is -2.34. The van der Waals surface area contributed by atoms with E-state index >= 15 is 0 Å². The first-order valence-electron chi connectivity index (χ1n) is 7.82. The van der Waals surface area contributed by atoms with Crippen molar-refractivity contribution >= 4 is 45.9 Å². The van der Waals surface area contributed by atoms with Crippen LogP contribution in [0.4, 0.5) is 15.6 Å². The van der Waals surface area contributed by atoms with Crippen molar-refractivity contribution in [2.75, 3.05) is 37.2 Å². The van der Waals surface area contributed by atoms with E-state index in [-0.39, 0.29) is 11.9 Å². The molecule has 0 radical (unpaired) electrons. The average molecular weight is 377 g/mol. The lowest BCUT2D eigenvalue weighted by molar-refractivity contribution is -0.130. The van der Waals surface area contributed by atoms with Crippen molar-refractivity contribution in [1.82, 2.24) is 14.8 Å². The highest BCUT2D eigenvalue weighted by atomic mass is 32.2. The summed E-state index contributed by atoms with van der Waals surface area (Å²) in [6.07, 6.45) is 1.73. The van der Waals surface area contributed by atoms with Crippen molar-refractivity contribution in [1.29, 1.82) is 0 Å². The number of anilines is 2. The largest absolute Gasteiger partial charge is 0.375 e. The van der Waals surface area contributed by atoms with Crippen LogP contribution in [0.25, 0.3) is 0 Å². The number of thiazole rings is 1. The molecule has 3 rings (SSSR count). The highest BCUT2D eigenvalue weighted by Gasteiger charge is 2.22. The number of carbonyl (C=O) groups excluding carboxylic acids is 2. The Balaban J connectivity index is 1.65. The molecule has 3 amide bonds. The first-order chi connectivity index (χ1) is 12.0. The molecule has 1 aliphatic heterocycles. The van der Waals surface area contributed by atoms with Crippen molar-refractivity contribution in [3.8, 4) is 0 Å². The minimum Gasteiger partial charge on any atom is -0.375 e. The summed E-state index contributed by atoms with van der Waals surface area (Å²) < 4.78 is 0.967. The summed E-state index contributed by atoms with van der Waals surface area (Å²) in [5, 5.41) is 3.49. The van der Waals surface area contributed by atoms with Gasteiger partial charge in [0.15, 0.2) is 5.13 Å². The van der Waals surface area contributed by atoms with Crippen LogP contribution in [0, 0.1) is 0 Å². The summed E-state index contributed by atoms with van der Waals surface area (Å²) in [6, 6.07) is 7.47. The summed E-state index contributed by atoms with van der Waals surface area (Å²) in [5.74, 6) is 0.0469. The van der Waals surface area contributed by atoms with E-state index in [1.165, 1.54) is 23.1 Å². The highest BCUT2D eigenvalue weighted by Crippen LogP contribution is 2.37. The van der Waals surface area contributed by atoms with Crippen LogP contribution < -0.4 is 11.1 Å². The lowest BCUT2D eigenvalue weighted by Crippen LogP contribution is -2.51. The molecule has 0 bridgehead atoms. The van der Waals surface area contributed by atoms with E-state index in [0.29, 0.717) is 31.3 Å². The third-order valence-corrected chi connectivity index (χ3v) is 5.86. The van der Waals surface area contributed by atoms with E-state index in [1.54, 1.807) is 22.9 Å². The Labute approximate surface area is 154 Å². The number of urea groups is 1. The van der Waals surface area contributed by atoms with Gasteiger partial charge in [0.2, 0.25) is 5.91 Å². The molecule has 0 saturated carbocycles. The van der Waals surface area contributed by atoms with Gasteiger partial charge < -0.3 is 20.9 Å². The van der Waals surface area contributed by atoms with Gasteiger partial charge in [-0.05, 0) is 12.1 Å². The molecule has 3 N–H and O–H groups in total. The van der Waals surface area contributed by atoms with E-state index in [1.807, 2.05) is 24.3 Å². The monoisotopic (exact) mass is 377 g/mol. The summed E-state index contributed by atoms with van der Waals surface area (Å²) in [6.45, 7) is 3.76. The van der Waals surface area contributed by atoms with Gasteiger partial charge in [0.05, 0.1) is 16.1 Å². The molecule has 1 aromatic heterocycles. The Morgan fingerprint density at radius 2 is 1.88 bits per heavy atom. The number of para-hydroxylation sites is 1. The Morgan fingerprint density at radius 1 is 1.20 bits per heavy atom. The number of nitrogens with zero attached hydrogens (tertiary/aromatic N) is 3. The van der Waals surface area contributed by atoms with Gasteiger partial charge in [0.1, 0.15) is 0 Å². The SMILES string of the molecule is CC(=O)N1CCN(C(=O)Nc2ccccc2Sc2cnc(N)s2)CC1. The highest BCUT2D eigenvalue weighted by molar-refractivity contribution is 8.01. The number of nitrogen functional groups attached to an aromatic ring is 1. The Kier molecular flexibility index (Phi) is 5.44. The number of piperazine rings is 1. The minimum atomic E-state index is -0.153. The second-order valence-corrected chi connectivity index (χ2v) is 7.94. The maximum Gasteiger partial charge on any atom is 0.321 e. The van der Waals surface area contributed by atoms with E-state index < -0.39 is 0 Å². The fourth-order valence-corrected chi connectivity index (χ4v) is 4.31. The van der Waals surface area contributed by atoms with Gasteiger partial charge in [-0.15, -0.1) is 0 Å². The molecular weight excluding hydrogens is 358 g/mol. The molecule has 0 atom stereocenters. The van der Waals surface area contributed by atoms with Crippen LogP contribution in [0.5, 0.6) is 0 Å². The van der Waals surface area contributed by atoms with Gasteiger partial charge in [-0.1, -0.05) is 35.2 Å². The molecule has 132 valence electrons. The second-order valence-electron chi connectivity index (χ2n) is 5.54. The van der Waals surface area contributed by atoms with Crippen LogP contribution in [0.2, 0.25) is 0 Å². The predicted molar refractivity (Wildman–Crippen MR) is 99.9 cm³/mol. The number of hydrogen-bond acceptors (Lipinski definition) is 6. The molecule has 2 heterocycles. The number of nitrogens with one attached hydrogen (secondary N) is 1. The third kappa shape index (κ3) is 4.43. The summed E-state index contributed by atoms with van der Waals surface area (Å²) in [7, 11) is 0. The number of benzene rings is 1. The maximum atomic E-state index is 12.5. The van der Waals surface area contributed by atoms with Crippen LogP contribution in [0.15, 0.2) is 39.6 Å². The van der Waals surface area contributed by atoms with Crippen molar-refractivity contribution < 1.29 is 9.59 Å². The number of aromatic nitrogens is 1. The number of carbonyl (C=O) groups is 2. The predicted octanol–water partition coefficient (Wildman–Crippen LogP) is 2.57. The first kappa shape index (κ1) is 17.6. The fraction of sp³-hybridized carbons (Fsp3) is 0.312. The van der Waals surface area contributed by atoms with Crippen LogP contribution in [0.1, 0.15) is 6.92 Å². The topological polar surface area (TPSA) is 91.6 Å². The molecule has 9 heteroatoms. The van der Waals surface area contributed by atoms with Crippen molar-refractivity contribution in [2.45, 2.75) is 16.0 Å². The van der Waals surface area contributed by atoms with Crippen molar-refractivity contribution in [3.63, 3.8) is 0 Å². The number of nitrogens with two attached hydrogens (primary N) is 1. The molecule has 7 nitrogen and oxygen atoms in total. The minimum absolute atomic E-state index is 0.0469. The Bertz CT molecular complexity index is 771. The van der Waals surface area contributed by atoms with Gasteiger partial charge in [-0.3, -0.25) is 4.79 Å². The third-order valence-electron chi connectivity index (χ3n) is 3.85. The maximum absolute atomic E-state index is 12.5. The molecule has 0 unspecified atom stereocenters. The quantitative estimate of drug-likeness (QED) is 0.858. The second kappa shape index (κ2) is 7.75. The molecule has 0 aliphatic carbocycles. The van der Waals surface area contributed by atoms with Crippen molar-refractivity contribution in [3.05, 3.63) is 30.5 Å². The zero-order valence-electron chi connectivity index (χ0n) is 13.8. The van der Waals surface area contributed by atoms with Gasteiger partial charge in [-0.2, -0.15) is 0 Å². The molecule has 25 heavy (non-hydrogen) atoms. The molecular formula is C16H19N5O2S2. The fourth-order valence-electron chi connectivity index (χ4n) is 2.51. The van der Waals surface area contributed by atoms with Gasteiger partial charge >= 0.3 is 6.03 Å². The zero-order chi connectivity index (χ0) is 17.8. The number of amides is 3. The lowest BCUT2D eigenvalue weighted by atomic mass is 10.3. The van der Waals surface area contributed by atoms with E-state index in [4.69, 9.17) is 5.73 Å². The summed E-state index contributed by atoms with van der Waals surface area (Å²) >= 11 is 2.93. The van der Waals surface area contributed by atoms with Crippen LogP contribution in [-0.2, 0) is 4.79 Å².